The molecule has 0 unspecified atom stereocenters. The summed E-state index contributed by atoms with van der Waals surface area (Å²) in [5.41, 5.74) is 0.348. The summed E-state index contributed by atoms with van der Waals surface area (Å²) in [5, 5.41) is 10.5. The number of aliphatic hydroxyl groups excluding tert-OH is 1. The number of hydrogen-bond acceptors (Lipinski definition) is 3. The molecule has 1 N–H and O–H groups in total. The van der Waals surface area contributed by atoms with Gasteiger partial charge in [-0.15, -0.1) is 0 Å². The van der Waals surface area contributed by atoms with E-state index in [-0.39, 0.29) is 17.2 Å². The van der Waals surface area contributed by atoms with Crippen LogP contribution in [0, 0.1) is 17.8 Å². The van der Waals surface area contributed by atoms with Crippen LogP contribution in [0.4, 0.5) is 0 Å². The van der Waals surface area contributed by atoms with Gasteiger partial charge in [0.2, 0.25) is 0 Å². The number of likely N-dealkylation sites (tertiary alicyclic amines) is 1. The first-order chi connectivity index (χ1) is 10.8. The van der Waals surface area contributed by atoms with Crippen molar-refractivity contribution in [2.24, 2.45) is 17.8 Å². The van der Waals surface area contributed by atoms with Crippen LogP contribution in [0.25, 0.3) is 0 Å². The molecule has 3 rings (SSSR count). The molecular formula is C20H37NO2. The highest BCUT2D eigenvalue weighted by Gasteiger charge is 2.42. The predicted molar refractivity (Wildman–Crippen MR) is 94.5 cm³/mol. The Morgan fingerprint density at radius 3 is 2.35 bits per heavy atom. The molecule has 1 aliphatic heterocycles. The Hall–Kier alpha value is -0.120. The van der Waals surface area contributed by atoms with Crippen molar-refractivity contribution in [2.45, 2.75) is 89.8 Å². The van der Waals surface area contributed by atoms with Gasteiger partial charge in [0, 0.05) is 24.2 Å². The van der Waals surface area contributed by atoms with Gasteiger partial charge in [0.1, 0.15) is 0 Å². The SMILES string of the molecule is CC1(C)CCCC(C)(C)N1C[C@@H](O)COC[C@@H]1C[C@H]2CC[C@H]1C2. The van der Waals surface area contributed by atoms with Gasteiger partial charge >= 0.3 is 0 Å². The molecule has 0 aromatic rings. The zero-order chi connectivity index (χ0) is 16.7. The van der Waals surface area contributed by atoms with Crippen LogP contribution in [0.15, 0.2) is 0 Å². The van der Waals surface area contributed by atoms with Crippen molar-refractivity contribution in [3.8, 4) is 0 Å². The summed E-state index contributed by atoms with van der Waals surface area (Å²) < 4.78 is 5.93. The van der Waals surface area contributed by atoms with E-state index >= 15 is 0 Å². The summed E-state index contributed by atoms with van der Waals surface area (Å²) in [6.07, 6.45) is 9.02. The maximum absolute atomic E-state index is 10.5. The molecule has 1 heterocycles. The minimum absolute atomic E-state index is 0.174. The number of piperidine rings is 1. The van der Waals surface area contributed by atoms with E-state index in [1.54, 1.807) is 0 Å². The van der Waals surface area contributed by atoms with Gasteiger partial charge in [0.25, 0.3) is 0 Å². The van der Waals surface area contributed by atoms with Gasteiger partial charge < -0.3 is 9.84 Å². The van der Waals surface area contributed by atoms with E-state index in [9.17, 15) is 5.11 Å². The van der Waals surface area contributed by atoms with E-state index in [1.807, 2.05) is 0 Å². The standard InChI is InChI=1S/C20H37NO2/c1-19(2)8-5-9-20(3,4)21(19)12-18(22)14-23-13-17-11-15-6-7-16(17)10-15/h15-18,22H,5-14H2,1-4H3/t15-,16-,17-,18+/m0/s1. The average Bonchev–Trinajstić information content (AvgIpc) is 3.05. The molecule has 3 nitrogen and oxygen atoms in total. The summed E-state index contributed by atoms with van der Waals surface area (Å²) in [4.78, 5) is 2.51. The van der Waals surface area contributed by atoms with Crippen molar-refractivity contribution in [1.29, 1.82) is 0 Å². The highest BCUT2D eigenvalue weighted by molar-refractivity contribution is 4.97. The molecule has 23 heavy (non-hydrogen) atoms. The number of fused-ring (bicyclic) bond motifs is 2. The van der Waals surface area contributed by atoms with E-state index in [2.05, 4.69) is 32.6 Å². The maximum Gasteiger partial charge on any atom is 0.0900 e. The van der Waals surface area contributed by atoms with Gasteiger partial charge in [-0.25, -0.2) is 0 Å². The first kappa shape index (κ1) is 17.7. The summed E-state index contributed by atoms with van der Waals surface area (Å²) in [6.45, 7) is 11.4. The lowest BCUT2D eigenvalue weighted by Crippen LogP contribution is -2.60. The number of aliphatic hydroxyl groups is 1. The molecule has 0 radical (unpaired) electrons. The van der Waals surface area contributed by atoms with E-state index in [4.69, 9.17) is 4.74 Å². The molecule has 0 aromatic carbocycles. The van der Waals surface area contributed by atoms with Crippen LogP contribution in [-0.2, 0) is 4.74 Å². The zero-order valence-corrected chi connectivity index (χ0v) is 15.7. The van der Waals surface area contributed by atoms with Crippen LogP contribution in [-0.4, -0.2) is 46.9 Å². The Bertz CT molecular complexity index is 390. The third kappa shape index (κ3) is 3.93. The first-order valence-electron chi connectivity index (χ1n) is 9.81. The molecule has 0 spiro atoms. The molecule has 3 fully saturated rings. The number of hydrogen-bond donors (Lipinski definition) is 1. The topological polar surface area (TPSA) is 32.7 Å². The van der Waals surface area contributed by atoms with Gasteiger partial charge in [-0.2, -0.15) is 0 Å². The van der Waals surface area contributed by atoms with Crippen LogP contribution in [0.5, 0.6) is 0 Å². The van der Waals surface area contributed by atoms with E-state index in [1.165, 1.54) is 44.9 Å². The summed E-state index contributed by atoms with van der Waals surface area (Å²) in [6, 6.07) is 0. The molecule has 3 aliphatic rings. The van der Waals surface area contributed by atoms with E-state index in [0.29, 0.717) is 6.61 Å². The molecule has 0 amide bonds. The number of β-amino-alcohol motifs (C(OH)–C–C–N with tert-alkyl or cyclic N) is 1. The van der Waals surface area contributed by atoms with E-state index in [0.717, 1.165) is 30.9 Å². The molecule has 0 aromatic heterocycles. The van der Waals surface area contributed by atoms with Gasteiger partial charge in [-0.05, 0) is 84.0 Å². The third-order valence-electron chi connectivity index (χ3n) is 6.96. The predicted octanol–water partition coefficient (Wildman–Crippen LogP) is 3.84. The maximum atomic E-state index is 10.5. The highest BCUT2D eigenvalue weighted by atomic mass is 16.5. The fourth-order valence-electron chi connectivity index (χ4n) is 5.74. The summed E-state index contributed by atoms with van der Waals surface area (Å²) in [5.74, 6) is 2.66. The minimum Gasteiger partial charge on any atom is -0.389 e. The number of rotatable bonds is 6. The monoisotopic (exact) mass is 323 g/mol. The van der Waals surface area contributed by atoms with E-state index < -0.39 is 0 Å². The Morgan fingerprint density at radius 2 is 1.78 bits per heavy atom. The van der Waals surface area contributed by atoms with Gasteiger partial charge in [-0.3, -0.25) is 4.90 Å². The Kier molecular flexibility index (Phi) is 5.11. The van der Waals surface area contributed by atoms with Crippen LogP contribution in [0.2, 0.25) is 0 Å². The van der Waals surface area contributed by atoms with Crippen LogP contribution in [0.3, 0.4) is 0 Å². The molecule has 3 heteroatoms. The lowest BCUT2D eigenvalue weighted by molar-refractivity contribution is -0.0731. The van der Waals surface area contributed by atoms with Crippen molar-refractivity contribution < 1.29 is 9.84 Å². The van der Waals surface area contributed by atoms with Crippen LogP contribution in [0.1, 0.15) is 72.6 Å². The third-order valence-corrected chi connectivity index (χ3v) is 6.96. The molecule has 134 valence electrons. The first-order valence-corrected chi connectivity index (χ1v) is 9.81. The normalized spacial score (nSPS) is 37.2. The Balaban J connectivity index is 1.44. The lowest BCUT2D eigenvalue weighted by atomic mass is 9.79. The summed E-state index contributed by atoms with van der Waals surface area (Å²) >= 11 is 0. The second-order valence-electron chi connectivity index (χ2n) is 9.72. The Labute approximate surface area is 142 Å². The van der Waals surface area contributed by atoms with Crippen LogP contribution < -0.4 is 0 Å². The molecule has 2 bridgehead atoms. The van der Waals surface area contributed by atoms with Crippen molar-refractivity contribution in [2.75, 3.05) is 19.8 Å². The van der Waals surface area contributed by atoms with Gasteiger partial charge in [-0.1, -0.05) is 6.42 Å². The molecule has 1 saturated heterocycles. The quantitative estimate of drug-likeness (QED) is 0.806. The van der Waals surface area contributed by atoms with Crippen molar-refractivity contribution in [1.82, 2.24) is 4.90 Å². The minimum atomic E-state index is -0.370. The summed E-state index contributed by atoms with van der Waals surface area (Å²) in [7, 11) is 0. The fraction of sp³-hybridized carbons (Fsp3) is 1.00. The van der Waals surface area contributed by atoms with Crippen molar-refractivity contribution in [3.63, 3.8) is 0 Å². The van der Waals surface area contributed by atoms with Gasteiger partial charge in [0.15, 0.2) is 0 Å². The second kappa shape index (κ2) is 6.65. The molecule has 4 atom stereocenters. The second-order valence-corrected chi connectivity index (χ2v) is 9.72. The largest absolute Gasteiger partial charge is 0.389 e. The smallest absolute Gasteiger partial charge is 0.0900 e. The van der Waals surface area contributed by atoms with Crippen LogP contribution >= 0.6 is 0 Å². The lowest BCUT2D eigenvalue weighted by Gasteiger charge is -2.53. The average molecular weight is 324 g/mol. The van der Waals surface area contributed by atoms with Gasteiger partial charge in [0.05, 0.1) is 12.7 Å². The molecular weight excluding hydrogens is 286 g/mol. The number of nitrogens with zero attached hydrogens (tertiary/aromatic N) is 1. The fourth-order valence-corrected chi connectivity index (χ4v) is 5.74. The van der Waals surface area contributed by atoms with Crippen molar-refractivity contribution in [3.05, 3.63) is 0 Å². The Morgan fingerprint density at radius 1 is 1.09 bits per heavy atom. The highest BCUT2D eigenvalue weighted by Crippen LogP contribution is 2.48. The number of ether oxygens (including phenoxy) is 1. The zero-order valence-electron chi connectivity index (χ0n) is 15.7. The van der Waals surface area contributed by atoms with Crippen molar-refractivity contribution >= 4 is 0 Å². The molecule has 2 saturated carbocycles. The molecule has 2 aliphatic carbocycles.